The molecule has 1 saturated carbocycles. The highest BCUT2D eigenvalue weighted by molar-refractivity contribution is 4.90. The number of rotatable bonds is 4. The monoisotopic (exact) mass is 204 g/mol. The molecule has 1 aliphatic rings. The maximum atomic E-state index is 9.62. The maximum absolute atomic E-state index is 9.62. The molecule has 0 heterocycles. The van der Waals surface area contributed by atoms with Crippen molar-refractivity contribution >= 4 is 0 Å². The maximum Gasteiger partial charge on any atom is 0.0848 e. The van der Waals surface area contributed by atoms with Gasteiger partial charge in [-0.25, -0.2) is 0 Å². The van der Waals surface area contributed by atoms with E-state index in [0.717, 1.165) is 12.8 Å². The van der Waals surface area contributed by atoms with Crippen LogP contribution in [0.1, 0.15) is 25.7 Å². The first-order chi connectivity index (χ1) is 6.68. The van der Waals surface area contributed by atoms with Crippen molar-refractivity contribution in [3.8, 4) is 0 Å². The van der Waals surface area contributed by atoms with E-state index in [9.17, 15) is 10.2 Å². The molecule has 0 aromatic heterocycles. The normalized spacial score (nSPS) is 35.6. The highest BCUT2D eigenvalue weighted by atomic mass is 16.3. The average Bonchev–Trinajstić information content (AvgIpc) is 2.28. The molecule has 4 heteroatoms. The molecule has 0 spiro atoms. The van der Waals surface area contributed by atoms with E-state index in [1.165, 1.54) is 0 Å². The van der Waals surface area contributed by atoms with Gasteiger partial charge in [-0.2, -0.15) is 0 Å². The van der Waals surface area contributed by atoms with Crippen molar-refractivity contribution in [3.05, 3.63) is 0 Å². The van der Waals surface area contributed by atoms with Crippen molar-refractivity contribution in [2.24, 2.45) is 11.3 Å². The molecule has 4 N–H and O–H groups in total. The second-order valence-electron chi connectivity index (χ2n) is 4.34. The van der Waals surface area contributed by atoms with E-state index in [0.29, 0.717) is 18.8 Å². The molecule has 1 aliphatic carbocycles. The van der Waals surface area contributed by atoms with Crippen LogP contribution < -0.4 is 0 Å². The summed E-state index contributed by atoms with van der Waals surface area (Å²) >= 11 is 0. The molecule has 4 nitrogen and oxygen atoms in total. The van der Waals surface area contributed by atoms with Crippen LogP contribution in [-0.4, -0.2) is 46.4 Å². The number of aliphatic hydroxyl groups is 4. The van der Waals surface area contributed by atoms with Crippen LogP contribution in [0.3, 0.4) is 0 Å². The minimum Gasteiger partial charge on any atom is -0.396 e. The molecule has 0 aromatic carbocycles. The molecule has 0 aliphatic heterocycles. The Bertz CT molecular complexity index is 164. The summed E-state index contributed by atoms with van der Waals surface area (Å²) in [5.74, 6) is 0.292. The van der Waals surface area contributed by atoms with Crippen LogP contribution in [-0.2, 0) is 0 Å². The van der Waals surface area contributed by atoms with Crippen molar-refractivity contribution in [1.29, 1.82) is 0 Å². The van der Waals surface area contributed by atoms with Gasteiger partial charge in [-0.3, -0.25) is 0 Å². The van der Waals surface area contributed by atoms with Crippen LogP contribution in [0, 0.1) is 11.3 Å². The predicted octanol–water partition coefficient (Wildman–Crippen LogP) is -0.499. The van der Waals surface area contributed by atoms with E-state index in [1.807, 2.05) is 0 Å². The molecule has 1 unspecified atom stereocenters. The van der Waals surface area contributed by atoms with Gasteiger partial charge in [0, 0.05) is 12.0 Å². The second kappa shape index (κ2) is 5.07. The SMILES string of the molecule is OCC1CCC(CO)(C(O)CO)CC1. The Morgan fingerprint density at radius 3 is 2.07 bits per heavy atom. The molecule has 0 radical (unpaired) electrons. The molecule has 14 heavy (non-hydrogen) atoms. The Labute approximate surface area is 84.2 Å². The summed E-state index contributed by atoms with van der Waals surface area (Å²) in [7, 11) is 0. The van der Waals surface area contributed by atoms with E-state index >= 15 is 0 Å². The summed E-state index contributed by atoms with van der Waals surface area (Å²) in [5.41, 5.74) is -0.541. The van der Waals surface area contributed by atoms with E-state index in [-0.39, 0.29) is 19.8 Å². The first-order valence-corrected chi connectivity index (χ1v) is 5.19. The quantitative estimate of drug-likeness (QED) is 0.498. The molecular formula is C10H20O4. The first kappa shape index (κ1) is 11.9. The van der Waals surface area contributed by atoms with Crippen molar-refractivity contribution in [2.45, 2.75) is 31.8 Å². The Balaban J connectivity index is 2.56. The van der Waals surface area contributed by atoms with Crippen LogP contribution in [0.15, 0.2) is 0 Å². The zero-order valence-electron chi connectivity index (χ0n) is 8.39. The van der Waals surface area contributed by atoms with E-state index < -0.39 is 11.5 Å². The van der Waals surface area contributed by atoms with Gasteiger partial charge in [0.2, 0.25) is 0 Å². The van der Waals surface area contributed by atoms with Gasteiger partial charge in [-0.1, -0.05) is 0 Å². The molecule has 1 atom stereocenters. The summed E-state index contributed by atoms with van der Waals surface area (Å²) in [4.78, 5) is 0. The average molecular weight is 204 g/mol. The van der Waals surface area contributed by atoms with Crippen molar-refractivity contribution in [3.63, 3.8) is 0 Å². The number of aliphatic hydroxyl groups excluding tert-OH is 4. The fraction of sp³-hybridized carbons (Fsp3) is 1.00. The van der Waals surface area contributed by atoms with Crippen molar-refractivity contribution in [2.75, 3.05) is 19.8 Å². The number of hydrogen-bond acceptors (Lipinski definition) is 4. The minimum atomic E-state index is -0.841. The molecule has 1 rings (SSSR count). The zero-order valence-corrected chi connectivity index (χ0v) is 8.39. The highest BCUT2D eigenvalue weighted by Gasteiger charge is 2.40. The lowest BCUT2D eigenvalue weighted by Gasteiger charge is -2.41. The van der Waals surface area contributed by atoms with Crippen LogP contribution in [0.2, 0.25) is 0 Å². The third-order valence-electron chi connectivity index (χ3n) is 3.55. The molecule has 0 bridgehead atoms. The molecular weight excluding hydrogens is 184 g/mol. The molecule has 0 aromatic rings. The lowest BCUT2D eigenvalue weighted by molar-refractivity contribution is -0.0764. The smallest absolute Gasteiger partial charge is 0.0848 e. The summed E-state index contributed by atoms with van der Waals surface area (Å²) in [5, 5.41) is 36.7. The minimum absolute atomic E-state index is 0.0904. The summed E-state index contributed by atoms with van der Waals surface area (Å²) in [6, 6.07) is 0. The Hall–Kier alpha value is -0.160. The fourth-order valence-corrected chi connectivity index (χ4v) is 2.23. The van der Waals surface area contributed by atoms with E-state index in [2.05, 4.69) is 0 Å². The van der Waals surface area contributed by atoms with E-state index in [4.69, 9.17) is 10.2 Å². The second-order valence-corrected chi connectivity index (χ2v) is 4.34. The molecule has 0 saturated heterocycles. The van der Waals surface area contributed by atoms with Gasteiger partial charge in [0.1, 0.15) is 0 Å². The van der Waals surface area contributed by atoms with Gasteiger partial charge < -0.3 is 20.4 Å². The van der Waals surface area contributed by atoms with Gasteiger partial charge in [0.25, 0.3) is 0 Å². The van der Waals surface area contributed by atoms with Gasteiger partial charge >= 0.3 is 0 Å². The molecule has 1 fully saturated rings. The van der Waals surface area contributed by atoms with E-state index in [1.54, 1.807) is 0 Å². The van der Waals surface area contributed by atoms with Crippen LogP contribution in [0.25, 0.3) is 0 Å². The first-order valence-electron chi connectivity index (χ1n) is 5.19. The van der Waals surface area contributed by atoms with Crippen molar-refractivity contribution in [1.82, 2.24) is 0 Å². The largest absolute Gasteiger partial charge is 0.396 e. The predicted molar refractivity (Wildman–Crippen MR) is 51.7 cm³/mol. The number of hydrogen-bond donors (Lipinski definition) is 4. The topological polar surface area (TPSA) is 80.9 Å². The Morgan fingerprint density at radius 1 is 1.14 bits per heavy atom. The van der Waals surface area contributed by atoms with Gasteiger partial charge in [0.15, 0.2) is 0 Å². The third kappa shape index (κ3) is 2.25. The molecule has 84 valence electrons. The fourth-order valence-electron chi connectivity index (χ4n) is 2.23. The Kier molecular flexibility index (Phi) is 4.31. The van der Waals surface area contributed by atoms with Gasteiger partial charge in [0.05, 0.1) is 19.3 Å². The summed E-state index contributed by atoms with van der Waals surface area (Å²) < 4.78 is 0. The van der Waals surface area contributed by atoms with Crippen molar-refractivity contribution < 1.29 is 20.4 Å². The van der Waals surface area contributed by atoms with Gasteiger partial charge in [-0.15, -0.1) is 0 Å². The third-order valence-corrected chi connectivity index (χ3v) is 3.55. The zero-order chi connectivity index (χ0) is 10.6. The van der Waals surface area contributed by atoms with Crippen LogP contribution in [0.4, 0.5) is 0 Å². The summed E-state index contributed by atoms with van der Waals surface area (Å²) in [6.07, 6.45) is 2.14. The summed E-state index contributed by atoms with van der Waals surface area (Å²) in [6.45, 7) is -0.214. The van der Waals surface area contributed by atoms with Crippen LogP contribution >= 0.6 is 0 Å². The van der Waals surface area contributed by atoms with Gasteiger partial charge in [-0.05, 0) is 31.6 Å². The highest BCUT2D eigenvalue weighted by Crippen LogP contribution is 2.41. The lowest BCUT2D eigenvalue weighted by Crippen LogP contribution is -2.44. The lowest BCUT2D eigenvalue weighted by atomic mass is 9.68. The Morgan fingerprint density at radius 2 is 1.71 bits per heavy atom. The molecule has 0 amide bonds. The van der Waals surface area contributed by atoms with Crippen LogP contribution in [0.5, 0.6) is 0 Å². The standard InChI is InChI=1S/C10H20O4/c11-5-8-1-3-10(7-13,4-2-8)9(14)6-12/h8-9,11-14H,1-7H2.